The lowest BCUT2D eigenvalue weighted by molar-refractivity contribution is -0.189. The molecule has 0 aromatic heterocycles. The second-order valence-electron chi connectivity index (χ2n) is 13.7. The van der Waals surface area contributed by atoms with E-state index in [4.69, 9.17) is 0 Å². The van der Waals surface area contributed by atoms with Crippen LogP contribution < -0.4 is 4.74 Å². The standard InChI is InChI=1S/C38H40F10O/c1-2-3-4-5-22-6-8-23(9-7-22)24-10-12-25(13-11-24)26-14-15-29(31(39)16-26)27-17-34(42)36(35(43)18-27)38(47,48)49-28-19-32(40)30(33(41)20-28)21-37(44,45)46/h14-20,22-25H,2-13,21H2,1H3. The largest absolute Gasteiger partial charge is 0.432 e. The molecule has 1 nitrogen and oxygen atoms in total. The monoisotopic (exact) mass is 702 g/mol. The number of hydrogen-bond donors (Lipinski definition) is 0. The van der Waals surface area contributed by atoms with Crippen LogP contribution in [0.4, 0.5) is 43.9 Å². The molecular weight excluding hydrogens is 662 g/mol. The Morgan fingerprint density at radius 1 is 0.653 bits per heavy atom. The zero-order valence-electron chi connectivity index (χ0n) is 27.2. The maximum Gasteiger partial charge on any atom is 0.432 e. The predicted octanol–water partition coefficient (Wildman–Crippen LogP) is 12.9. The number of hydrogen-bond acceptors (Lipinski definition) is 1. The summed E-state index contributed by atoms with van der Waals surface area (Å²) < 4.78 is 145. The second-order valence-corrected chi connectivity index (χ2v) is 13.7. The number of benzene rings is 3. The third-order valence-corrected chi connectivity index (χ3v) is 10.4. The summed E-state index contributed by atoms with van der Waals surface area (Å²) in [6.07, 6.45) is 2.43. The Morgan fingerprint density at radius 2 is 1.22 bits per heavy atom. The zero-order valence-corrected chi connectivity index (χ0v) is 27.2. The van der Waals surface area contributed by atoms with Crippen LogP contribution in [0, 0.1) is 46.8 Å². The smallest absolute Gasteiger partial charge is 0.429 e. The fourth-order valence-corrected chi connectivity index (χ4v) is 7.79. The molecule has 0 amide bonds. The minimum absolute atomic E-state index is 0.0616. The van der Waals surface area contributed by atoms with E-state index in [-0.39, 0.29) is 29.2 Å². The molecule has 0 atom stereocenters. The molecule has 268 valence electrons. The predicted molar refractivity (Wildman–Crippen MR) is 167 cm³/mol. The van der Waals surface area contributed by atoms with Gasteiger partial charge in [-0.3, -0.25) is 0 Å². The zero-order chi connectivity index (χ0) is 35.5. The van der Waals surface area contributed by atoms with Crippen molar-refractivity contribution >= 4 is 0 Å². The van der Waals surface area contributed by atoms with E-state index in [2.05, 4.69) is 11.7 Å². The minimum Gasteiger partial charge on any atom is -0.429 e. The van der Waals surface area contributed by atoms with E-state index in [0.29, 0.717) is 18.1 Å². The first-order valence-electron chi connectivity index (χ1n) is 17.1. The molecule has 0 aliphatic heterocycles. The Labute approximate surface area is 280 Å². The van der Waals surface area contributed by atoms with E-state index >= 15 is 4.39 Å². The third kappa shape index (κ3) is 9.11. The Morgan fingerprint density at radius 3 is 1.76 bits per heavy atom. The van der Waals surface area contributed by atoms with Gasteiger partial charge in [-0.25, -0.2) is 22.0 Å². The van der Waals surface area contributed by atoms with Crippen LogP contribution in [0.1, 0.15) is 107 Å². The van der Waals surface area contributed by atoms with Crippen molar-refractivity contribution in [3.63, 3.8) is 0 Å². The molecule has 3 aromatic rings. The van der Waals surface area contributed by atoms with Crippen LogP contribution in [0.15, 0.2) is 42.5 Å². The molecule has 0 saturated heterocycles. The lowest BCUT2D eigenvalue weighted by atomic mass is 9.68. The highest BCUT2D eigenvalue weighted by Gasteiger charge is 2.42. The molecule has 0 radical (unpaired) electrons. The van der Waals surface area contributed by atoms with Gasteiger partial charge in [-0.1, -0.05) is 57.6 Å². The van der Waals surface area contributed by atoms with E-state index < -0.39 is 64.7 Å². The van der Waals surface area contributed by atoms with Crippen molar-refractivity contribution in [3.05, 3.63) is 88.2 Å². The maximum absolute atomic E-state index is 15.3. The summed E-state index contributed by atoms with van der Waals surface area (Å²) in [7, 11) is 0. The Hall–Kier alpha value is -3.24. The highest BCUT2D eigenvalue weighted by atomic mass is 19.4. The van der Waals surface area contributed by atoms with Crippen LogP contribution in [-0.4, -0.2) is 6.18 Å². The first kappa shape index (κ1) is 37.0. The first-order chi connectivity index (χ1) is 23.1. The molecule has 2 fully saturated rings. The van der Waals surface area contributed by atoms with Gasteiger partial charge >= 0.3 is 12.3 Å². The van der Waals surface area contributed by atoms with Gasteiger partial charge in [0.25, 0.3) is 0 Å². The first-order valence-corrected chi connectivity index (χ1v) is 17.1. The van der Waals surface area contributed by atoms with Crippen LogP contribution in [0.3, 0.4) is 0 Å². The average Bonchev–Trinajstić information content (AvgIpc) is 3.02. The van der Waals surface area contributed by atoms with E-state index in [1.165, 1.54) is 63.5 Å². The Balaban J connectivity index is 1.23. The summed E-state index contributed by atoms with van der Waals surface area (Å²) in [5.74, 6) is -7.01. The summed E-state index contributed by atoms with van der Waals surface area (Å²) >= 11 is 0. The lowest BCUT2D eigenvalue weighted by Crippen LogP contribution is -2.25. The van der Waals surface area contributed by atoms with Crippen LogP contribution in [-0.2, 0) is 12.5 Å². The SMILES string of the molecule is CCCCCC1CCC(C2CCC(c3ccc(-c4cc(F)c(C(F)(F)Oc5cc(F)c(CC(F)(F)F)c(F)c5)c(F)c4)c(F)c3)CC2)CC1. The van der Waals surface area contributed by atoms with E-state index in [1.54, 1.807) is 6.07 Å². The Kier molecular flexibility index (Phi) is 11.6. The average molecular weight is 703 g/mol. The van der Waals surface area contributed by atoms with E-state index in [0.717, 1.165) is 43.1 Å². The summed E-state index contributed by atoms with van der Waals surface area (Å²) in [4.78, 5) is 0. The fraction of sp³-hybridized carbons (Fsp3) is 0.526. The second kappa shape index (κ2) is 15.3. The summed E-state index contributed by atoms with van der Waals surface area (Å²) in [6.45, 7) is 2.22. The molecule has 5 rings (SSSR count). The molecule has 0 bridgehead atoms. The van der Waals surface area contributed by atoms with Crippen molar-refractivity contribution in [2.75, 3.05) is 0 Å². The van der Waals surface area contributed by atoms with Crippen molar-refractivity contribution in [2.24, 2.45) is 17.8 Å². The van der Waals surface area contributed by atoms with Gasteiger partial charge in [-0.05, 0) is 91.5 Å². The summed E-state index contributed by atoms with van der Waals surface area (Å²) in [6, 6.07) is 5.45. The molecule has 2 saturated carbocycles. The minimum atomic E-state index is -4.99. The molecule has 0 unspecified atom stereocenters. The quantitative estimate of drug-likeness (QED) is 0.143. The molecule has 49 heavy (non-hydrogen) atoms. The van der Waals surface area contributed by atoms with Crippen molar-refractivity contribution in [3.8, 4) is 16.9 Å². The lowest BCUT2D eigenvalue weighted by Gasteiger charge is -2.38. The summed E-state index contributed by atoms with van der Waals surface area (Å²) in [5.41, 5.74) is -3.17. The van der Waals surface area contributed by atoms with Gasteiger partial charge in [0, 0.05) is 23.3 Å². The van der Waals surface area contributed by atoms with Crippen molar-refractivity contribution in [1.29, 1.82) is 0 Å². The number of ether oxygens (including phenoxy) is 1. The molecule has 0 spiro atoms. The van der Waals surface area contributed by atoms with Crippen LogP contribution >= 0.6 is 0 Å². The molecular formula is C38H40F10O. The van der Waals surface area contributed by atoms with Crippen molar-refractivity contribution in [1.82, 2.24) is 0 Å². The maximum atomic E-state index is 15.3. The highest BCUT2D eigenvalue weighted by molar-refractivity contribution is 5.65. The Bertz CT molecular complexity index is 1540. The molecule has 0 N–H and O–H groups in total. The van der Waals surface area contributed by atoms with Gasteiger partial charge in [0.05, 0.1) is 6.42 Å². The van der Waals surface area contributed by atoms with Gasteiger partial charge < -0.3 is 4.74 Å². The molecule has 11 heteroatoms. The normalized spacial score (nSPS) is 21.9. The van der Waals surface area contributed by atoms with Gasteiger partial charge in [0.2, 0.25) is 0 Å². The van der Waals surface area contributed by atoms with E-state index in [9.17, 15) is 39.5 Å². The third-order valence-electron chi connectivity index (χ3n) is 10.4. The van der Waals surface area contributed by atoms with Crippen LogP contribution in [0.25, 0.3) is 11.1 Å². The van der Waals surface area contributed by atoms with Crippen LogP contribution in [0.5, 0.6) is 5.75 Å². The van der Waals surface area contributed by atoms with Crippen molar-refractivity contribution < 1.29 is 48.6 Å². The topological polar surface area (TPSA) is 9.23 Å². The van der Waals surface area contributed by atoms with Crippen LogP contribution in [0.2, 0.25) is 0 Å². The fourth-order valence-electron chi connectivity index (χ4n) is 7.79. The molecule has 3 aromatic carbocycles. The van der Waals surface area contributed by atoms with Gasteiger partial charge in [0.1, 0.15) is 40.4 Å². The summed E-state index contributed by atoms with van der Waals surface area (Å²) in [5, 5.41) is 0. The number of alkyl halides is 5. The number of halogens is 10. The van der Waals surface area contributed by atoms with E-state index in [1.807, 2.05) is 0 Å². The molecule has 2 aliphatic rings. The van der Waals surface area contributed by atoms with Gasteiger partial charge in [0.15, 0.2) is 0 Å². The highest BCUT2D eigenvalue weighted by Crippen LogP contribution is 2.45. The van der Waals surface area contributed by atoms with Crippen molar-refractivity contribution in [2.45, 2.75) is 109 Å². The molecule has 2 aliphatic carbocycles. The number of rotatable bonds is 11. The molecule has 0 heterocycles. The number of unbranched alkanes of at least 4 members (excludes halogenated alkanes) is 2. The van der Waals surface area contributed by atoms with Gasteiger partial charge in [-0.15, -0.1) is 0 Å². The van der Waals surface area contributed by atoms with Gasteiger partial charge in [-0.2, -0.15) is 22.0 Å².